The summed E-state index contributed by atoms with van der Waals surface area (Å²) in [5.41, 5.74) is 1.58. The van der Waals surface area contributed by atoms with Crippen molar-refractivity contribution < 1.29 is 8.94 Å². The maximum absolute atomic E-state index is 5.65. The molecule has 0 aliphatic rings. The molecule has 0 N–H and O–H groups in total. The lowest BCUT2D eigenvalue weighted by molar-refractivity contribution is 0.391. The maximum atomic E-state index is 5.65. The Bertz CT molecular complexity index is 990. The van der Waals surface area contributed by atoms with Crippen molar-refractivity contribution in [3.05, 3.63) is 53.3 Å². The van der Waals surface area contributed by atoms with Gasteiger partial charge in [-0.05, 0) is 34.1 Å². The lowest BCUT2D eigenvalue weighted by Gasteiger charge is -1.96. The third-order valence-corrected chi connectivity index (χ3v) is 4.55. The molecule has 8 nitrogen and oxygen atoms in total. The van der Waals surface area contributed by atoms with Gasteiger partial charge in [0.05, 0.1) is 11.3 Å². The summed E-state index contributed by atoms with van der Waals surface area (Å²) >= 11 is 4.73. The van der Waals surface area contributed by atoms with E-state index in [0.29, 0.717) is 28.6 Å². The molecule has 0 radical (unpaired) electrons. The SMILES string of the molecule is Brc1cnccc1-c1nnc(SCc2nc(-c3cccnc3)no2)o1. The number of hydrogen-bond acceptors (Lipinski definition) is 9. The lowest BCUT2D eigenvalue weighted by Crippen LogP contribution is -1.83. The molecule has 124 valence electrons. The van der Waals surface area contributed by atoms with Crippen LogP contribution in [0.1, 0.15) is 5.89 Å². The molecular formula is C15H9BrN6O2S. The minimum absolute atomic E-state index is 0.415. The van der Waals surface area contributed by atoms with Gasteiger partial charge in [0.1, 0.15) is 0 Å². The van der Waals surface area contributed by atoms with Crippen LogP contribution in [0.3, 0.4) is 0 Å². The molecule has 0 fully saturated rings. The zero-order valence-electron chi connectivity index (χ0n) is 12.5. The molecule has 0 atom stereocenters. The summed E-state index contributed by atoms with van der Waals surface area (Å²) in [6.45, 7) is 0. The Hall–Kier alpha value is -2.59. The molecule has 4 aromatic heterocycles. The van der Waals surface area contributed by atoms with Crippen LogP contribution < -0.4 is 0 Å². The van der Waals surface area contributed by atoms with Crippen LogP contribution in [0, 0.1) is 0 Å². The Kier molecular flexibility index (Phi) is 4.53. The smallest absolute Gasteiger partial charge is 0.277 e. The molecule has 0 unspecified atom stereocenters. The van der Waals surface area contributed by atoms with Gasteiger partial charge >= 0.3 is 0 Å². The average Bonchev–Trinajstić information content (AvgIpc) is 3.31. The summed E-state index contributed by atoms with van der Waals surface area (Å²) in [6, 6.07) is 5.48. The lowest BCUT2D eigenvalue weighted by atomic mass is 10.3. The third-order valence-electron chi connectivity index (χ3n) is 3.12. The highest BCUT2D eigenvalue weighted by molar-refractivity contribution is 9.10. The summed E-state index contributed by atoms with van der Waals surface area (Å²) in [6.07, 6.45) is 6.70. The van der Waals surface area contributed by atoms with Crippen LogP contribution in [-0.2, 0) is 5.75 Å². The van der Waals surface area contributed by atoms with E-state index in [0.717, 1.165) is 15.6 Å². The number of halogens is 1. The van der Waals surface area contributed by atoms with Crippen LogP contribution in [0.5, 0.6) is 0 Å². The quantitative estimate of drug-likeness (QED) is 0.450. The van der Waals surface area contributed by atoms with Crippen molar-refractivity contribution in [2.75, 3.05) is 0 Å². The predicted octanol–water partition coefficient (Wildman–Crippen LogP) is 3.63. The fourth-order valence-electron chi connectivity index (χ4n) is 1.97. The molecule has 0 aliphatic heterocycles. The van der Waals surface area contributed by atoms with Crippen LogP contribution in [0.2, 0.25) is 0 Å². The van der Waals surface area contributed by atoms with E-state index in [4.69, 9.17) is 8.94 Å². The second kappa shape index (κ2) is 7.11. The molecule has 10 heteroatoms. The van der Waals surface area contributed by atoms with E-state index >= 15 is 0 Å². The second-order valence-corrected chi connectivity index (χ2v) is 6.55. The topological polar surface area (TPSA) is 104 Å². The van der Waals surface area contributed by atoms with Gasteiger partial charge in [-0.15, -0.1) is 10.2 Å². The molecule has 0 saturated heterocycles. The summed E-state index contributed by atoms with van der Waals surface area (Å²) in [7, 11) is 0. The molecule has 25 heavy (non-hydrogen) atoms. The Morgan fingerprint density at radius 2 is 2.00 bits per heavy atom. The van der Waals surface area contributed by atoms with Crippen LogP contribution in [0.15, 0.2) is 61.6 Å². The molecule has 4 aromatic rings. The van der Waals surface area contributed by atoms with Crippen LogP contribution in [0.25, 0.3) is 22.8 Å². The summed E-state index contributed by atoms with van der Waals surface area (Å²) in [5, 5.41) is 12.4. The summed E-state index contributed by atoms with van der Waals surface area (Å²) in [4.78, 5) is 12.4. The maximum Gasteiger partial charge on any atom is 0.277 e. The summed E-state index contributed by atoms with van der Waals surface area (Å²) < 4.78 is 11.7. The Labute approximate surface area is 154 Å². The number of hydrogen-bond donors (Lipinski definition) is 0. The first-order valence-electron chi connectivity index (χ1n) is 7.09. The molecule has 0 saturated carbocycles. The number of rotatable bonds is 5. The van der Waals surface area contributed by atoms with Crippen LogP contribution >= 0.6 is 27.7 Å². The second-order valence-electron chi connectivity index (χ2n) is 4.77. The molecule has 0 aliphatic carbocycles. The molecule has 0 amide bonds. The van der Waals surface area contributed by atoms with E-state index in [-0.39, 0.29) is 0 Å². The van der Waals surface area contributed by atoms with Gasteiger partial charge in [0.2, 0.25) is 17.6 Å². The number of aromatic nitrogens is 6. The monoisotopic (exact) mass is 416 g/mol. The molecular weight excluding hydrogens is 408 g/mol. The zero-order valence-corrected chi connectivity index (χ0v) is 14.9. The van der Waals surface area contributed by atoms with Gasteiger partial charge in [-0.2, -0.15) is 4.98 Å². The largest absolute Gasteiger partial charge is 0.411 e. The standard InChI is InChI=1S/C15H9BrN6O2S/c16-11-7-18-5-3-10(11)14-20-21-15(23-14)25-8-12-19-13(22-24-12)9-2-1-4-17-6-9/h1-7H,8H2. The van der Waals surface area contributed by atoms with Crippen molar-refractivity contribution >= 4 is 27.7 Å². The van der Waals surface area contributed by atoms with Gasteiger partial charge < -0.3 is 8.94 Å². The van der Waals surface area contributed by atoms with Crippen molar-refractivity contribution in [3.63, 3.8) is 0 Å². The Morgan fingerprint density at radius 1 is 1.08 bits per heavy atom. The van der Waals surface area contributed by atoms with Crippen LogP contribution in [0.4, 0.5) is 0 Å². The highest BCUT2D eigenvalue weighted by Gasteiger charge is 2.14. The molecule has 0 spiro atoms. The molecule has 4 rings (SSSR count). The molecule has 0 bridgehead atoms. The highest BCUT2D eigenvalue weighted by Crippen LogP contribution is 2.29. The fourth-order valence-corrected chi connectivity index (χ4v) is 3.00. The Balaban J connectivity index is 1.44. The van der Waals surface area contributed by atoms with E-state index in [9.17, 15) is 0 Å². The van der Waals surface area contributed by atoms with Gasteiger partial charge in [0, 0.05) is 34.8 Å². The number of thioether (sulfide) groups is 1. The molecule has 4 heterocycles. The normalized spacial score (nSPS) is 10.9. The minimum Gasteiger partial charge on any atom is -0.411 e. The van der Waals surface area contributed by atoms with Gasteiger partial charge in [-0.25, -0.2) is 0 Å². The van der Waals surface area contributed by atoms with E-state index in [1.807, 2.05) is 12.1 Å². The van der Waals surface area contributed by atoms with Crippen molar-refractivity contribution in [3.8, 4) is 22.8 Å². The van der Waals surface area contributed by atoms with Crippen molar-refractivity contribution in [1.82, 2.24) is 30.3 Å². The first kappa shape index (κ1) is 15.9. The molecule has 0 aromatic carbocycles. The third kappa shape index (κ3) is 3.59. The summed E-state index contributed by atoms with van der Waals surface area (Å²) in [5.74, 6) is 1.80. The van der Waals surface area contributed by atoms with Crippen LogP contribution in [-0.4, -0.2) is 30.3 Å². The Morgan fingerprint density at radius 3 is 2.84 bits per heavy atom. The van der Waals surface area contributed by atoms with E-state index in [1.54, 1.807) is 30.9 Å². The first-order chi connectivity index (χ1) is 12.3. The van der Waals surface area contributed by atoms with Crippen molar-refractivity contribution in [2.24, 2.45) is 0 Å². The number of nitrogens with zero attached hydrogens (tertiary/aromatic N) is 6. The van der Waals surface area contributed by atoms with Gasteiger partial charge in [-0.3, -0.25) is 9.97 Å². The van der Waals surface area contributed by atoms with E-state index < -0.39 is 0 Å². The number of pyridine rings is 2. The fraction of sp³-hybridized carbons (Fsp3) is 0.0667. The average molecular weight is 417 g/mol. The van der Waals surface area contributed by atoms with Crippen molar-refractivity contribution in [1.29, 1.82) is 0 Å². The highest BCUT2D eigenvalue weighted by atomic mass is 79.9. The predicted molar refractivity (Wildman–Crippen MR) is 92.3 cm³/mol. The minimum atomic E-state index is 0.415. The first-order valence-corrected chi connectivity index (χ1v) is 8.86. The van der Waals surface area contributed by atoms with Gasteiger partial charge in [0.15, 0.2) is 0 Å². The van der Waals surface area contributed by atoms with E-state index in [1.165, 1.54) is 11.8 Å². The van der Waals surface area contributed by atoms with E-state index in [2.05, 4.69) is 46.2 Å². The van der Waals surface area contributed by atoms with Gasteiger partial charge in [0.25, 0.3) is 5.22 Å². The van der Waals surface area contributed by atoms with Gasteiger partial charge in [-0.1, -0.05) is 16.9 Å². The van der Waals surface area contributed by atoms with Crippen molar-refractivity contribution in [2.45, 2.75) is 11.0 Å². The zero-order chi connectivity index (χ0) is 17.1.